The van der Waals surface area contributed by atoms with E-state index in [1.54, 1.807) is 12.5 Å². The van der Waals surface area contributed by atoms with Gasteiger partial charge in [-0.25, -0.2) is 8.78 Å². The van der Waals surface area contributed by atoms with Crippen LogP contribution < -0.4 is 0 Å². The van der Waals surface area contributed by atoms with E-state index < -0.39 is 11.6 Å². The summed E-state index contributed by atoms with van der Waals surface area (Å²) in [5, 5.41) is 0. The molecule has 0 aromatic heterocycles. The summed E-state index contributed by atoms with van der Waals surface area (Å²) in [5.74, 6) is -0.937. The Morgan fingerprint density at radius 2 is 1.75 bits per heavy atom. The van der Waals surface area contributed by atoms with Crippen LogP contribution in [0.3, 0.4) is 0 Å². The molecule has 0 aliphatic carbocycles. The van der Waals surface area contributed by atoms with Crippen LogP contribution in [-0.4, -0.2) is 12.5 Å². The van der Waals surface area contributed by atoms with Gasteiger partial charge in [0.25, 0.3) is 0 Å². The van der Waals surface area contributed by atoms with Crippen molar-refractivity contribution in [2.75, 3.05) is 12.5 Å². The minimum Gasteiger partial charge on any atom is -0.206 e. The van der Waals surface area contributed by atoms with Crippen LogP contribution in [0.15, 0.2) is 21.9 Å². The number of rotatable bonds is 2. The van der Waals surface area contributed by atoms with E-state index in [0.29, 0.717) is 4.90 Å². The molecule has 0 amide bonds. The van der Waals surface area contributed by atoms with Crippen LogP contribution in [0.1, 0.15) is 0 Å². The molecular formula is C8H8F2S2. The molecule has 4 heteroatoms. The van der Waals surface area contributed by atoms with Crippen LogP contribution in [0.25, 0.3) is 0 Å². The molecule has 66 valence electrons. The van der Waals surface area contributed by atoms with E-state index in [1.165, 1.54) is 23.9 Å². The molecule has 0 N–H and O–H groups in total. The van der Waals surface area contributed by atoms with E-state index >= 15 is 0 Å². The second-order valence-corrected chi connectivity index (χ2v) is 3.76. The maximum atomic E-state index is 13.3. The molecule has 0 atom stereocenters. The highest BCUT2D eigenvalue weighted by atomic mass is 32.2. The quantitative estimate of drug-likeness (QED) is 0.680. The zero-order valence-corrected chi connectivity index (χ0v) is 8.36. The summed E-state index contributed by atoms with van der Waals surface area (Å²) in [6.45, 7) is 0. The predicted molar refractivity (Wildman–Crippen MR) is 49.9 cm³/mol. The second kappa shape index (κ2) is 4.14. The highest BCUT2D eigenvalue weighted by molar-refractivity contribution is 7.99. The molecule has 0 aliphatic heterocycles. The molecule has 0 nitrogen and oxygen atoms in total. The fourth-order valence-electron chi connectivity index (χ4n) is 0.859. The zero-order valence-electron chi connectivity index (χ0n) is 6.73. The first kappa shape index (κ1) is 9.86. The van der Waals surface area contributed by atoms with Crippen molar-refractivity contribution in [3.8, 4) is 0 Å². The monoisotopic (exact) mass is 206 g/mol. The van der Waals surface area contributed by atoms with Crippen molar-refractivity contribution in [2.24, 2.45) is 0 Å². The highest BCUT2D eigenvalue weighted by Crippen LogP contribution is 2.29. The fourth-order valence-corrected chi connectivity index (χ4v) is 1.96. The first-order valence-electron chi connectivity index (χ1n) is 3.26. The Balaban J connectivity index is 3.24. The van der Waals surface area contributed by atoms with Crippen molar-refractivity contribution in [1.82, 2.24) is 0 Å². The average molecular weight is 206 g/mol. The van der Waals surface area contributed by atoms with Crippen molar-refractivity contribution in [1.29, 1.82) is 0 Å². The summed E-state index contributed by atoms with van der Waals surface area (Å²) in [4.78, 5) is 0.586. The van der Waals surface area contributed by atoms with Gasteiger partial charge in [-0.15, -0.1) is 23.5 Å². The van der Waals surface area contributed by atoms with E-state index in [0.717, 1.165) is 11.8 Å². The SMILES string of the molecule is CSc1ccc(F)c(SC)c1F. The van der Waals surface area contributed by atoms with E-state index in [1.807, 2.05) is 0 Å². The molecule has 0 spiro atoms. The molecule has 1 aromatic rings. The molecule has 0 saturated heterocycles. The lowest BCUT2D eigenvalue weighted by atomic mass is 10.3. The van der Waals surface area contributed by atoms with Crippen LogP contribution in [-0.2, 0) is 0 Å². The Labute approximate surface area is 78.7 Å². The summed E-state index contributed by atoms with van der Waals surface area (Å²) >= 11 is 2.37. The van der Waals surface area contributed by atoms with E-state index in [9.17, 15) is 8.78 Å². The first-order valence-corrected chi connectivity index (χ1v) is 5.71. The van der Waals surface area contributed by atoms with Crippen molar-refractivity contribution < 1.29 is 8.78 Å². The van der Waals surface area contributed by atoms with Gasteiger partial charge in [0.1, 0.15) is 5.82 Å². The first-order chi connectivity index (χ1) is 5.70. The topological polar surface area (TPSA) is 0 Å². The average Bonchev–Trinajstić information content (AvgIpc) is 2.06. The molecule has 0 radical (unpaired) electrons. The van der Waals surface area contributed by atoms with Crippen LogP contribution in [0.5, 0.6) is 0 Å². The smallest absolute Gasteiger partial charge is 0.153 e. The molecule has 0 heterocycles. The molecule has 12 heavy (non-hydrogen) atoms. The normalized spacial score (nSPS) is 10.3. The summed E-state index contributed by atoms with van der Waals surface area (Å²) in [7, 11) is 0. The van der Waals surface area contributed by atoms with Gasteiger partial charge < -0.3 is 0 Å². The van der Waals surface area contributed by atoms with Gasteiger partial charge in [-0.3, -0.25) is 0 Å². The van der Waals surface area contributed by atoms with Gasteiger partial charge in [-0.2, -0.15) is 0 Å². The van der Waals surface area contributed by atoms with Gasteiger partial charge in [0, 0.05) is 4.90 Å². The summed E-state index contributed by atoms with van der Waals surface area (Å²) in [5.41, 5.74) is 0. The summed E-state index contributed by atoms with van der Waals surface area (Å²) < 4.78 is 26.1. The van der Waals surface area contributed by atoms with Crippen LogP contribution in [0.4, 0.5) is 8.78 Å². The van der Waals surface area contributed by atoms with Gasteiger partial charge >= 0.3 is 0 Å². The number of benzene rings is 1. The molecule has 1 rings (SSSR count). The summed E-state index contributed by atoms with van der Waals surface area (Å²) in [6, 6.07) is 2.75. The molecule has 0 bridgehead atoms. The van der Waals surface area contributed by atoms with Crippen molar-refractivity contribution in [3.63, 3.8) is 0 Å². The fraction of sp³-hybridized carbons (Fsp3) is 0.250. The Hall–Kier alpha value is -0.220. The lowest BCUT2D eigenvalue weighted by molar-refractivity contribution is 0.523. The maximum absolute atomic E-state index is 13.3. The zero-order chi connectivity index (χ0) is 9.14. The summed E-state index contributed by atoms with van der Waals surface area (Å²) in [6.07, 6.45) is 3.42. The van der Waals surface area contributed by atoms with Crippen LogP contribution in [0, 0.1) is 11.6 Å². The number of hydrogen-bond acceptors (Lipinski definition) is 2. The third-order valence-corrected chi connectivity index (χ3v) is 2.98. The molecular weight excluding hydrogens is 198 g/mol. The van der Waals surface area contributed by atoms with Gasteiger partial charge in [0.2, 0.25) is 0 Å². The van der Waals surface area contributed by atoms with Crippen molar-refractivity contribution in [3.05, 3.63) is 23.8 Å². The molecule has 1 aromatic carbocycles. The third kappa shape index (κ3) is 1.75. The Morgan fingerprint density at radius 1 is 1.08 bits per heavy atom. The van der Waals surface area contributed by atoms with E-state index in [2.05, 4.69) is 0 Å². The number of thioether (sulfide) groups is 2. The lowest BCUT2D eigenvalue weighted by Crippen LogP contribution is -1.89. The number of hydrogen-bond donors (Lipinski definition) is 0. The molecule has 0 unspecified atom stereocenters. The van der Waals surface area contributed by atoms with Gasteiger partial charge in [0.05, 0.1) is 4.90 Å². The van der Waals surface area contributed by atoms with Crippen molar-refractivity contribution >= 4 is 23.5 Å². The Bertz CT molecular complexity index is 287. The maximum Gasteiger partial charge on any atom is 0.153 e. The van der Waals surface area contributed by atoms with E-state index in [-0.39, 0.29) is 4.90 Å². The number of halogens is 2. The molecule has 0 fully saturated rings. The minimum absolute atomic E-state index is 0.0989. The second-order valence-electron chi connectivity index (χ2n) is 2.10. The lowest BCUT2D eigenvalue weighted by Gasteiger charge is -2.04. The predicted octanol–water partition coefficient (Wildman–Crippen LogP) is 3.41. The Kier molecular flexibility index (Phi) is 3.40. The largest absolute Gasteiger partial charge is 0.206 e. The van der Waals surface area contributed by atoms with Gasteiger partial charge in [-0.05, 0) is 24.6 Å². The Morgan fingerprint density at radius 3 is 2.25 bits per heavy atom. The van der Waals surface area contributed by atoms with E-state index in [4.69, 9.17) is 0 Å². The van der Waals surface area contributed by atoms with Gasteiger partial charge in [-0.1, -0.05) is 0 Å². The van der Waals surface area contributed by atoms with Crippen LogP contribution >= 0.6 is 23.5 Å². The minimum atomic E-state index is -0.488. The highest BCUT2D eigenvalue weighted by Gasteiger charge is 2.11. The van der Waals surface area contributed by atoms with Crippen LogP contribution in [0.2, 0.25) is 0 Å². The molecule has 0 aliphatic rings. The molecule has 0 saturated carbocycles. The third-order valence-electron chi connectivity index (χ3n) is 1.44. The standard InChI is InChI=1S/C8H8F2S2/c1-11-6-4-3-5(9)8(12-2)7(6)10/h3-4H,1-2H3. The van der Waals surface area contributed by atoms with Crippen molar-refractivity contribution in [2.45, 2.75) is 9.79 Å². The van der Waals surface area contributed by atoms with Gasteiger partial charge in [0.15, 0.2) is 5.82 Å².